The molecule has 0 spiro atoms. The molecule has 0 fully saturated rings. The quantitative estimate of drug-likeness (QED) is 0.618. The van der Waals surface area contributed by atoms with E-state index in [-0.39, 0.29) is 24.0 Å². The van der Waals surface area contributed by atoms with Crippen LogP contribution in [0.5, 0.6) is 0 Å². The first-order valence-electron chi connectivity index (χ1n) is 7.89. The molecule has 0 atom stereocenters. The van der Waals surface area contributed by atoms with Crippen molar-refractivity contribution in [3.8, 4) is 5.69 Å². The van der Waals surface area contributed by atoms with Gasteiger partial charge >= 0.3 is 0 Å². The summed E-state index contributed by atoms with van der Waals surface area (Å²) in [7, 11) is 2.09. The van der Waals surface area contributed by atoms with E-state index >= 15 is 0 Å². The van der Waals surface area contributed by atoms with Crippen LogP contribution < -0.4 is 0 Å². The Kier molecular flexibility index (Phi) is 4.61. The minimum absolute atomic E-state index is 0. The molecule has 4 rings (SSSR count). The van der Waals surface area contributed by atoms with Crippen LogP contribution in [-0.4, -0.2) is 23.1 Å². The minimum atomic E-state index is -0.248. The second-order valence-corrected chi connectivity index (χ2v) is 6.24. The molecule has 1 aliphatic rings. The van der Waals surface area contributed by atoms with E-state index in [1.54, 1.807) is 18.2 Å². The Morgan fingerprint density at radius 2 is 1.67 bits per heavy atom. The Hall–Kier alpha value is -1.91. The van der Waals surface area contributed by atoms with E-state index in [1.807, 2.05) is 6.07 Å². The van der Waals surface area contributed by atoms with Gasteiger partial charge in [0, 0.05) is 23.3 Å². The van der Waals surface area contributed by atoms with Gasteiger partial charge in [-0.25, -0.2) is 8.78 Å². The van der Waals surface area contributed by atoms with Crippen LogP contribution in [0, 0.1) is 11.6 Å². The number of hydrogen-bond acceptors (Lipinski definition) is 1. The highest BCUT2D eigenvalue weighted by molar-refractivity contribution is 5.87. The lowest BCUT2D eigenvalue weighted by Gasteiger charge is -2.12. The second kappa shape index (κ2) is 6.54. The van der Waals surface area contributed by atoms with E-state index in [1.165, 1.54) is 29.5 Å². The fourth-order valence-electron chi connectivity index (χ4n) is 3.57. The second-order valence-electron chi connectivity index (χ2n) is 6.24. The zero-order valence-electron chi connectivity index (χ0n) is 13.4. The summed E-state index contributed by atoms with van der Waals surface area (Å²) < 4.78 is 29.2. The van der Waals surface area contributed by atoms with Crippen molar-refractivity contribution in [2.24, 2.45) is 0 Å². The molecule has 1 aliphatic heterocycles. The standard InChI is InChI=1S/C19H18F2N2.ClH/c1-22-10-2-3-18-17(12-22)16-11-14(21)6-9-19(16)23(18)15-7-4-13(20)5-8-15;/h4-9,11H,2-3,10,12H2,1H3;1H. The highest BCUT2D eigenvalue weighted by Gasteiger charge is 2.22. The molecule has 0 aliphatic carbocycles. The average Bonchev–Trinajstić information content (AvgIpc) is 2.69. The fraction of sp³-hybridized carbons (Fsp3) is 0.263. The molecule has 0 amide bonds. The molecule has 2 heterocycles. The summed E-state index contributed by atoms with van der Waals surface area (Å²) in [5.74, 6) is -0.467. The van der Waals surface area contributed by atoms with Crippen molar-refractivity contribution in [1.82, 2.24) is 9.47 Å². The average molecular weight is 349 g/mol. The molecule has 0 saturated heterocycles. The Labute approximate surface area is 146 Å². The zero-order chi connectivity index (χ0) is 16.0. The topological polar surface area (TPSA) is 8.17 Å². The maximum Gasteiger partial charge on any atom is 0.123 e. The van der Waals surface area contributed by atoms with Gasteiger partial charge in [-0.15, -0.1) is 12.4 Å². The molecule has 3 aromatic rings. The van der Waals surface area contributed by atoms with E-state index < -0.39 is 0 Å². The van der Waals surface area contributed by atoms with Gasteiger partial charge in [0.2, 0.25) is 0 Å². The largest absolute Gasteiger partial charge is 0.313 e. The SMILES string of the molecule is CN1CCCc2c(c3cc(F)ccc3n2-c2ccc(F)cc2)C1.Cl. The number of halogens is 3. The van der Waals surface area contributed by atoms with E-state index in [9.17, 15) is 8.78 Å². The van der Waals surface area contributed by atoms with E-state index in [0.717, 1.165) is 42.5 Å². The predicted octanol–water partition coefficient (Wildman–Crippen LogP) is 4.71. The van der Waals surface area contributed by atoms with Gasteiger partial charge in [-0.3, -0.25) is 0 Å². The maximum absolute atomic E-state index is 13.8. The molecule has 2 aromatic carbocycles. The Balaban J connectivity index is 0.00000169. The summed E-state index contributed by atoms with van der Waals surface area (Å²) in [5.41, 5.74) is 4.30. The first-order valence-corrected chi connectivity index (χ1v) is 7.89. The molecule has 0 unspecified atom stereocenters. The third kappa shape index (κ3) is 2.80. The van der Waals surface area contributed by atoms with Crippen LogP contribution in [0.2, 0.25) is 0 Å². The molecule has 24 heavy (non-hydrogen) atoms. The van der Waals surface area contributed by atoms with E-state index in [4.69, 9.17) is 0 Å². The van der Waals surface area contributed by atoms with Crippen molar-refractivity contribution in [2.75, 3.05) is 13.6 Å². The fourth-order valence-corrected chi connectivity index (χ4v) is 3.57. The third-order valence-corrected chi connectivity index (χ3v) is 4.61. The lowest BCUT2D eigenvalue weighted by atomic mass is 10.1. The predicted molar refractivity (Wildman–Crippen MR) is 95.1 cm³/mol. The maximum atomic E-state index is 13.8. The summed E-state index contributed by atoms with van der Waals surface area (Å²) in [4.78, 5) is 2.27. The van der Waals surface area contributed by atoms with E-state index in [0.29, 0.717) is 0 Å². The molecule has 2 nitrogen and oxygen atoms in total. The van der Waals surface area contributed by atoms with Crippen molar-refractivity contribution in [3.63, 3.8) is 0 Å². The monoisotopic (exact) mass is 348 g/mol. The molecule has 126 valence electrons. The van der Waals surface area contributed by atoms with Gasteiger partial charge in [0.25, 0.3) is 0 Å². The summed E-state index contributed by atoms with van der Waals surface area (Å²) in [6, 6.07) is 11.4. The summed E-state index contributed by atoms with van der Waals surface area (Å²) in [6.45, 7) is 1.83. The lowest BCUT2D eigenvalue weighted by molar-refractivity contribution is 0.333. The zero-order valence-corrected chi connectivity index (χ0v) is 14.2. The normalized spacial score (nSPS) is 15.0. The molecular weight excluding hydrogens is 330 g/mol. The number of rotatable bonds is 1. The van der Waals surface area contributed by atoms with E-state index in [2.05, 4.69) is 16.5 Å². The molecule has 5 heteroatoms. The number of nitrogens with zero attached hydrogens (tertiary/aromatic N) is 2. The Bertz CT molecular complexity index is 871. The van der Waals surface area contributed by atoms with Gasteiger partial charge in [-0.1, -0.05) is 0 Å². The summed E-state index contributed by atoms with van der Waals surface area (Å²) >= 11 is 0. The molecule has 0 saturated carbocycles. The number of hydrogen-bond donors (Lipinski definition) is 0. The van der Waals surface area contributed by atoms with Gasteiger partial charge in [-0.05, 0) is 74.5 Å². The van der Waals surface area contributed by atoms with Crippen LogP contribution in [-0.2, 0) is 13.0 Å². The van der Waals surface area contributed by atoms with Crippen LogP contribution in [0.15, 0.2) is 42.5 Å². The lowest BCUT2D eigenvalue weighted by Crippen LogP contribution is -2.17. The summed E-state index contributed by atoms with van der Waals surface area (Å²) in [6.07, 6.45) is 2.00. The number of fused-ring (bicyclic) bond motifs is 3. The van der Waals surface area contributed by atoms with Gasteiger partial charge in [-0.2, -0.15) is 0 Å². The van der Waals surface area contributed by atoms with Crippen LogP contribution in [0.3, 0.4) is 0 Å². The molecule has 0 radical (unpaired) electrons. The van der Waals surface area contributed by atoms with Gasteiger partial charge in [0.05, 0.1) is 5.52 Å². The Morgan fingerprint density at radius 1 is 0.958 bits per heavy atom. The van der Waals surface area contributed by atoms with Crippen molar-refractivity contribution in [3.05, 3.63) is 65.4 Å². The third-order valence-electron chi connectivity index (χ3n) is 4.61. The van der Waals surface area contributed by atoms with Crippen molar-refractivity contribution in [2.45, 2.75) is 19.4 Å². The van der Waals surface area contributed by atoms with Gasteiger partial charge in [0.1, 0.15) is 11.6 Å². The van der Waals surface area contributed by atoms with Crippen molar-refractivity contribution < 1.29 is 8.78 Å². The van der Waals surface area contributed by atoms with Crippen LogP contribution in [0.1, 0.15) is 17.7 Å². The van der Waals surface area contributed by atoms with Gasteiger partial charge < -0.3 is 9.47 Å². The smallest absolute Gasteiger partial charge is 0.123 e. The number of benzene rings is 2. The van der Waals surface area contributed by atoms with Crippen molar-refractivity contribution in [1.29, 1.82) is 0 Å². The molecule has 0 N–H and O–H groups in total. The van der Waals surface area contributed by atoms with Crippen molar-refractivity contribution >= 4 is 23.3 Å². The minimum Gasteiger partial charge on any atom is -0.313 e. The molecular formula is C19H19ClF2N2. The van der Waals surface area contributed by atoms with Crippen LogP contribution >= 0.6 is 12.4 Å². The summed E-state index contributed by atoms with van der Waals surface area (Å²) in [5, 5.41) is 0.957. The highest BCUT2D eigenvalue weighted by atomic mass is 35.5. The number of aromatic nitrogens is 1. The Morgan fingerprint density at radius 3 is 2.42 bits per heavy atom. The van der Waals surface area contributed by atoms with Crippen LogP contribution in [0.25, 0.3) is 16.6 Å². The first-order chi connectivity index (χ1) is 11.1. The van der Waals surface area contributed by atoms with Gasteiger partial charge in [0.15, 0.2) is 0 Å². The first kappa shape index (κ1) is 16.9. The molecule has 0 bridgehead atoms. The highest BCUT2D eigenvalue weighted by Crippen LogP contribution is 2.33. The van der Waals surface area contributed by atoms with Crippen LogP contribution in [0.4, 0.5) is 8.78 Å². The molecule has 1 aromatic heterocycles.